The van der Waals surface area contributed by atoms with Gasteiger partial charge in [0.15, 0.2) is 0 Å². The van der Waals surface area contributed by atoms with E-state index in [2.05, 4.69) is 23.4 Å². The second kappa shape index (κ2) is 42.7. The van der Waals surface area contributed by atoms with Crippen molar-refractivity contribution in [3.63, 3.8) is 0 Å². The molecule has 0 atom stereocenters. The van der Waals surface area contributed by atoms with E-state index in [1.54, 1.807) is 13.2 Å². The third-order valence-corrected chi connectivity index (χ3v) is 0.254. The van der Waals surface area contributed by atoms with Gasteiger partial charge in [0.1, 0.15) is 0 Å². The summed E-state index contributed by atoms with van der Waals surface area (Å²) in [7, 11) is 1.64. The Hall–Kier alpha value is -0.920. The van der Waals surface area contributed by atoms with Crippen LogP contribution in [0.5, 0.6) is 0 Å². The number of rotatable bonds is 1. The van der Waals surface area contributed by atoms with Crippen LogP contribution >= 0.6 is 0 Å². The van der Waals surface area contributed by atoms with Gasteiger partial charge < -0.3 is 4.99 Å². The molecule has 0 saturated carbocycles. The van der Waals surface area contributed by atoms with Crippen molar-refractivity contribution in [1.82, 2.24) is 0 Å². The first-order chi connectivity index (χ1) is 4.83. The molecule has 0 radical (unpaired) electrons. The summed E-state index contributed by atoms with van der Waals surface area (Å²) in [4.78, 5) is 6.67. The van der Waals surface area contributed by atoms with Gasteiger partial charge in [0, 0.05) is 13.2 Å². The minimum absolute atomic E-state index is 1.64. The van der Waals surface area contributed by atoms with Gasteiger partial charge in [-0.25, -0.2) is 0 Å². The second-order valence-corrected chi connectivity index (χ2v) is 0.981. The van der Waals surface area contributed by atoms with Crippen molar-refractivity contribution in [3.8, 4) is 0 Å². The SMILES string of the molecule is C=N/C=C\C.C=NC.CC. The van der Waals surface area contributed by atoms with Gasteiger partial charge in [-0.1, -0.05) is 19.9 Å². The smallest absolute Gasteiger partial charge is 0.0269 e. The maximum Gasteiger partial charge on any atom is 0.0269 e. The minimum atomic E-state index is 1.64. The van der Waals surface area contributed by atoms with E-state index in [0.717, 1.165) is 0 Å². The van der Waals surface area contributed by atoms with Crippen molar-refractivity contribution >= 4 is 13.4 Å². The van der Waals surface area contributed by atoms with Crippen LogP contribution in [0.15, 0.2) is 22.3 Å². The molecule has 60 valence electrons. The Morgan fingerprint density at radius 1 is 1.20 bits per heavy atom. The first kappa shape index (κ1) is 16.0. The van der Waals surface area contributed by atoms with Gasteiger partial charge >= 0.3 is 0 Å². The van der Waals surface area contributed by atoms with E-state index in [1.165, 1.54) is 0 Å². The normalized spacial score (nSPS) is 6.40. The standard InChI is InChI=1S/C4H7N.C2H5N.C2H6/c1-3-4-5-2;1-3-2;1-2/h3-4H,2H2,1H3;1H2,2H3;1-2H3/b4-3-;;. The fourth-order valence-electron chi connectivity index (χ4n) is 0.105. The lowest BCUT2D eigenvalue weighted by Gasteiger charge is -1.58. The molecule has 0 N–H and O–H groups in total. The molecule has 0 fully saturated rings. The number of hydrogen-bond acceptors (Lipinski definition) is 2. The van der Waals surface area contributed by atoms with Crippen LogP contribution in [0.2, 0.25) is 0 Å². The Bertz CT molecular complexity index is 75.3. The predicted octanol–water partition coefficient (Wildman–Crippen LogP) is 2.56. The molecule has 0 aromatic carbocycles. The Morgan fingerprint density at radius 2 is 1.50 bits per heavy atom. The fourth-order valence-corrected chi connectivity index (χ4v) is 0.105. The molecule has 0 aromatic heterocycles. The first-order valence-electron chi connectivity index (χ1n) is 3.25. The highest BCUT2D eigenvalue weighted by molar-refractivity contribution is 5.25. The van der Waals surface area contributed by atoms with Crippen LogP contribution in [0, 0.1) is 0 Å². The molecule has 0 rings (SSSR count). The van der Waals surface area contributed by atoms with E-state index in [9.17, 15) is 0 Å². The Labute approximate surface area is 64.4 Å². The number of nitrogens with zero attached hydrogens (tertiary/aromatic N) is 2. The molecule has 0 aliphatic carbocycles. The molecular formula is C8H18N2. The van der Waals surface area contributed by atoms with Crippen LogP contribution in [0.4, 0.5) is 0 Å². The molecule has 0 saturated heterocycles. The molecule has 0 unspecified atom stereocenters. The molecule has 0 amide bonds. The molecule has 0 bridgehead atoms. The number of hydrogen-bond donors (Lipinski definition) is 0. The Morgan fingerprint density at radius 3 is 1.50 bits per heavy atom. The van der Waals surface area contributed by atoms with Gasteiger partial charge in [0.05, 0.1) is 0 Å². The third-order valence-electron chi connectivity index (χ3n) is 0.254. The number of aliphatic imine (C=N–C) groups is 2. The van der Waals surface area contributed by atoms with Gasteiger partial charge in [-0.15, -0.1) is 0 Å². The summed E-state index contributed by atoms with van der Waals surface area (Å²) in [5.74, 6) is 0. The zero-order valence-corrected chi connectivity index (χ0v) is 7.46. The van der Waals surface area contributed by atoms with Gasteiger partial charge in [-0.2, -0.15) is 0 Å². The van der Waals surface area contributed by atoms with E-state index < -0.39 is 0 Å². The summed E-state index contributed by atoms with van der Waals surface area (Å²) in [5, 5.41) is 0. The molecule has 2 nitrogen and oxygen atoms in total. The molecule has 0 spiro atoms. The first-order valence-corrected chi connectivity index (χ1v) is 3.25. The van der Waals surface area contributed by atoms with Crippen molar-refractivity contribution in [2.45, 2.75) is 20.8 Å². The van der Waals surface area contributed by atoms with Crippen LogP contribution in [0.1, 0.15) is 20.8 Å². The average molecular weight is 142 g/mol. The Balaban J connectivity index is -0.0000000847. The molecule has 2 heteroatoms. The highest BCUT2D eigenvalue weighted by Gasteiger charge is 1.41. The lowest BCUT2D eigenvalue weighted by molar-refractivity contribution is 1.49. The predicted molar refractivity (Wildman–Crippen MR) is 51.2 cm³/mol. The van der Waals surface area contributed by atoms with Gasteiger partial charge in [0.2, 0.25) is 0 Å². The van der Waals surface area contributed by atoms with Crippen molar-refractivity contribution < 1.29 is 0 Å². The lowest BCUT2D eigenvalue weighted by Crippen LogP contribution is -1.36. The molecule has 0 aliphatic rings. The number of allylic oxidation sites excluding steroid dienone is 1. The van der Waals surface area contributed by atoms with Crippen LogP contribution in [-0.2, 0) is 0 Å². The lowest BCUT2D eigenvalue weighted by atomic mass is 10.7. The van der Waals surface area contributed by atoms with Crippen molar-refractivity contribution in [2.24, 2.45) is 9.98 Å². The van der Waals surface area contributed by atoms with Crippen molar-refractivity contribution in [3.05, 3.63) is 12.3 Å². The van der Waals surface area contributed by atoms with Gasteiger partial charge in [-0.3, -0.25) is 4.99 Å². The second-order valence-electron chi connectivity index (χ2n) is 0.981. The molecule has 0 aromatic rings. The van der Waals surface area contributed by atoms with Crippen molar-refractivity contribution in [1.29, 1.82) is 0 Å². The fraction of sp³-hybridized carbons (Fsp3) is 0.500. The topological polar surface area (TPSA) is 24.7 Å². The van der Waals surface area contributed by atoms with E-state index in [4.69, 9.17) is 0 Å². The quantitative estimate of drug-likeness (QED) is 0.503. The van der Waals surface area contributed by atoms with E-state index >= 15 is 0 Å². The summed E-state index contributed by atoms with van der Waals surface area (Å²) < 4.78 is 0. The van der Waals surface area contributed by atoms with E-state index in [1.807, 2.05) is 26.8 Å². The highest BCUT2D eigenvalue weighted by Crippen LogP contribution is 1.63. The van der Waals surface area contributed by atoms with Gasteiger partial charge in [0.25, 0.3) is 0 Å². The zero-order chi connectivity index (χ0) is 8.83. The van der Waals surface area contributed by atoms with Crippen LogP contribution < -0.4 is 0 Å². The Kier molecular flexibility index (Phi) is 68.5. The van der Waals surface area contributed by atoms with E-state index in [-0.39, 0.29) is 0 Å². The third kappa shape index (κ3) is 224. The van der Waals surface area contributed by atoms with Crippen LogP contribution in [-0.4, -0.2) is 20.5 Å². The molecule has 10 heavy (non-hydrogen) atoms. The molecule has 0 aliphatic heterocycles. The highest BCUT2D eigenvalue weighted by atomic mass is 14.6. The van der Waals surface area contributed by atoms with E-state index in [0.29, 0.717) is 0 Å². The largest absolute Gasteiger partial charge is 0.304 e. The van der Waals surface area contributed by atoms with Crippen LogP contribution in [0.25, 0.3) is 0 Å². The monoisotopic (exact) mass is 142 g/mol. The molecular weight excluding hydrogens is 124 g/mol. The average Bonchev–Trinajstić information content (AvgIpc) is 1.96. The summed E-state index contributed by atoms with van der Waals surface area (Å²) >= 11 is 0. The van der Waals surface area contributed by atoms with Crippen LogP contribution in [0.3, 0.4) is 0 Å². The summed E-state index contributed by atoms with van der Waals surface area (Å²) in [6, 6.07) is 0. The maximum atomic E-state index is 3.42. The summed E-state index contributed by atoms with van der Waals surface area (Å²) in [5.41, 5.74) is 0. The minimum Gasteiger partial charge on any atom is -0.304 e. The summed E-state index contributed by atoms with van der Waals surface area (Å²) in [6.45, 7) is 12.2. The van der Waals surface area contributed by atoms with Crippen molar-refractivity contribution in [2.75, 3.05) is 7.05 Å². The van der Waals surface area contributed by atoms with Gasteiger partial charge in [-0.05, 0) is 20.4 Å². The molecule has 0 heterocycles. The maximum absolute atomic E-state index is 3.42. The summed E-state index contributed by atoms with van der Waals surface area (Å²) in [6.07, 6.45) is 3.47. The zero-order valence-electron chi connectivity index (χ0n) is 7.46.